The van der Waals surface area contributed by atoms with Crippen molar-refractivity contribution in [1.82, 2.24) is 9.62 Å². The van der Waals surface area contributed by atoms with Gasteiger partial charge in [-0.1, -0.05) is 109 Å². The molecule has 0 fully saturated rings. The molecule has 5 nitrogen and oxygen atoms in total. The van der Waals surface area contributed by atoms with Crippen LogP contribution in [0.4, 0.5) is 0 Å². The SMILES string of the molecule is Cc1ccc(S(=O)(=O)N[C@@H](C#N)[C@H](Cc2ccccc2)N(Cc2ccccc2)Cc2ccccc2)cc1. The molecule has 4 aromatic carbocycles. The van der Waals surface area contributed by atoms with E-state index < -0.39 is 22.1 Å². The van der Waals surface area contributed by atoms with Crippen LogP contribution in [0.3, 0.4) is 0 Å². The first-order valence-electron chi connectivity index (χ1n) is 12.3. The number of nitrogens with one attached hydrogen (secondary N) is 1. The number of nitriles is 1. The summed E-state index contributed by atoms with van der Waals surface area (Å²) in [7, 11) is -3.90. The minimum Gasteiger partial charge on any atom is -0.289 e. The van der Waals surface area contributed by atoms with Crippen LogP contribution in [0.15, 0.2) is 120 Å². The summed E-state index contributed by atoms with van der Waals surface area (Å²) in [6.45, 7) is 3.04. The zero-order chi connectivity index (χ0) is 26.1. The Bertz CT molecular complexity index is 1360. The number of aryl methyl sites for hydroxylation is 1. The van der Waals surface area contributed by atoms with Gasteiger partial charge in [0.1, 0.15) is 6.04 Å². The molecule has 2 atom stereocenters. The highest BCUT2D eigenvalue weighted by Gasteiger charge is 2.32. The molecular formula is C31H31N3O2S. The van der Waals surface area contributed by atoms with Gasteiger partial charge in [0.15, 0.2) is 0 Å². The molecule has 0 saturated carbocycles. The number of hydrogen-bond donors (Lipinski definition) is 1. The Hall–Kier alpha value is -3.76. The van der Waals surface area contributed by atoms with Crippen LogP contribution in [0.1, 0.15) is 22.3 Å². The van der Waals surface area contributed by atoms with Crippen molar-refractivity contribution in [2.45, 2.75) is 43.4 Å². The summed E-state index contributed by atoms with van der Waals surface area (Å²) < 4.78 is 29.4. The van der Waals surface area contributed by atoms with E-state index in [1.54, 1.807) is 24.3 Å². The Morgan fingerprint density at radius 2 is 1.19 bits per heavy atom. The van der Waals surface area contributed by atoms with Gasteiger partial charge in [-0.25, -0.2) is 8.42 Å². The van der Waals surface area contributed by atoms with Crippen LogP contribution in [0, 0.1) is 18.3 Å². The molecule has 1 N–H and O–H groups in total. The monoisotopic (exact) mass is 509 g/mol. The van der Waals surface area contributed by atoms with Crippen molar-refractivity contribution in [2.75, 3.05) is 0 Å². The Kier molecular flexibility index (Phi) is 8.86. The lowest BCUT2D eigenvalue weighted by Gasteiger charge is -2.35. The van der Waals surface area contributed by atoms with Crippen molar-refractivity contribution < 1.29 is 8.42 Å². The Morgan fingerprint density at radius 1 is 0.730 bits per heavy atom. The molecule has 37 heavy (non-hydrogen) atoms. The summed E-state index contributed by atoms with van der Waals surface area (Å²) in [6.07, 6.45) is 0.509. The summed E-state index contributed by atoms with van der Waals surface area (Å²) in [6, 6.07) is 37.6. The zero-order valence-electron chi connectivity index (χ0n) is 20.9. The van der Waals surface area contributed by atoms with E-state index in [9.17, 15) is 13.7 Å². The van der Waals surface area contributed by atoms with Gasteiger partial charge in [0.2, 0.25) is 10.0 Å². The maximum absolute atomic E-state index is 13.3. The third-order valence-electron chi connectivity index (χ3n) is 6.35. The molecule has 0 bridgehead atoms. The first-order chi connectivity index (χ1) is 17.9. The molecule has 188 valence electrons. The number of sulfonamides is 1. The zero-order valence-corrected chi connectivity index (χ0v) is 21.7. The van der Waals surface area contributed by atoms with Crippen molar-refractivity contribution in [3.05, 3.63) is 138 Å². The molecule has 0 amide bonds. The minimum atomic E-state index is -3.90. The van der Waals surface area contributed by atoms with E-state index in [4.69, 9.17) is 0 Å². The molecule has 4 aromatic rings. The Balaban J connectivity index is 1.72. The van der Waals surface area contributed by atoms with Gasteiger partial charge in [0, 0.05) is 19.1 Å². The first-order valence-corrected chi connectivity index (χ1v) is 13.8. The molecular weight excluding hydrogens is 478 g/mol. The summed E-state index contributed by atoms with van der Waals surface area (Å²) in [5, 5.41) is 10.3. The third kappa shape index (κ3) is 7.37. The fourth-order valence-corrected chi connectivity index (χ4v) is 5.56. The topological polar surface area (TPSA) is 73.2 Å². The quantitative estimate of drug-likeness (QED) is 0.291. The number of rotatable bonds is 11. The van der Waals surface area contributed by atoms with E-state index >= 15 is 0 Å². The first kappa shape index (κ1) is 26.3. The molecule has 0 aromatic heterocycles. The van der Waals surface area contributed by atoms with Crippen molar-refractivity contribution in [2.24, 2.45) is 0 Å². The van der Waals surface area contributed by atoms with E-state index in [0.717, 1.165) is 22.3 Å². The van der Waals surface area contributed by atoms with E-state index in [0.29, 0.717) is 19.5 Å². The third-order valence-corrected chi connectivity index (χ3v) is 7.81. The standard InChI is InChI=1S/C31H31N3O2S/c1-25-17-19-29(20-18-25)37(35,36)33-30(22-32)31(21-26-11-5-2-6-12-26)34(23-27-13-7-3-8-14-27)24-28-15-9-4-10-16-28/h2-20,30-31,33H,21,23-24H2,1H3/t30-,31-/m0/s1. The molecule has 0 saturated heterocycles. The lowest BCUT2D eigenvalue weighted by molar-refractivity contribution is 0.161. The predicted molar refractivity (Wildman–Crippen MR) is 147 cm³/mol. The van der Waals surface area contributed by atoms with Crippen LogP contribution >= 0.6 is 0 Å². The van der Waals surface area contributed by atoms with E-state index in [-0.39, 0.29) is 4.90 Å². The lowest BCUT2D eigenvalue weighted by atomic mass is 9.97. The summed E-state index contributed by atoms with van der Waals surface area (Å²) in [5.41, 5.74) is 4.19. The van der Waals surface area contributed by atoms with Gasteiger partial charge in [0.25, 0.3) is 0 Å². The molecule has 0 heterocycles. The van der Waals surface area contributed by atoms with Crippen molar-refractivity contribution in [1.29, 1.82) is 5.26 Å². The van der Waals surface area contributed by atoms with Gasteiger partial charge in [-0.3, -0.25) is 4.90 Å². The van der Waals surface area contributed by atoms with Crippen LogP contribution in [-0.2, 0) is 29.5 Å². The normalized spacial score (nSPS) is 13.1. The number of nitrogens with zero attached hydrogens (tertiary/aromatic N) is 2. The second kappa shape index (κ2) is 12.5. The average Bonchev–Trinajstić information content (AvgIpc) is 2.92. The van der Waals surface area contributed by atoms with Crippen LogP contribution in [-0.4, -0.2) is 25.4 Å². The lowest BCUT2D eigenvalue weighted by Crippen LogP contribution is -2.51. The molecule has 0 unspecified atom stereocenters. The fraction of sp³-hybridized carbons (Fsp3) is 0.194. The van der Waals surface area contributed by atoms with Crippen LogP contribution < -0.4 is 4.72 Å². The van der Waals surface area contributed by atoms with Gasteiger partial charge in [0.05, 0.1) is 11.0 Å². The van der Waals surface area contributed by atoms with E-state index in [2.05, 4.69) is 40.0 Å². The van der Waals surface area contributed by atoms with Gasteiger partial charge < -0.3 is 0 Å². The maximum atomic E-state index is 13.3. The highest BCUT2D eigenvalue weighted by molar-refractivity contribution is 7.89. The largest absolute Gasteiger partial charge is 0.289 e. The fourth-order valence-electron chi connectivity index (χ4n) is 4.38. The number of benzene rings is 4. The van der Waals surface area contributed by atoms with Crippen molar-refractivity contribution in [3.63, 3.8) is 0 Å². The second-order valence-corrected chi connectivity index (χ2v) is 10.9. The molecule has 0 aliphatic carbocycles. The summed E-state index contributed by atoms with van der Waals surface area (Å²) in [5.74, 6) is 0. The van der Waals surface area contributed by atoms with Crippen molar-refractivity contribution >= 4 is 10.0 Å². The average molecular weight is 510 g/mol. The van der Waals surface area contributed by atoms with Crippen molar-refractivity contribution in [3.8, 4) is 6.07 Å². The van der Waals surface area contributed by atoms with Crippen LogP contribution in [0.25, 0.3) is 0 Å². The highest BCUT2D eigenvalue weighted by atomic mass is 32.2. The van der Waals surface area contributed by atoms with Gasteiger partial charge in [-0.05, 0) is 42.2 Å². The van der Waals surface area contributed by atoms with Crippen LogP contribution in [0.2, 0.25) is 0 Å². The highest BCUT2D eigenvalue weighted by Crippen LogP contribution is 2.21. The number of hydrogen-bond acceptors (Lipinski definition) is 4. The van der Waals surface area contributed by atoms with Gasteiger partial charge in [-0.2, -0.15) is 9.98 Å². The van der Waals surface area contributed by atoms with Crippen LogP contribution in [0.5, 0.6) is 0 Å². The van der Waals surface area contributed by atoms with Gasteiger partial charge >= 0.3 is 0 Å². The van der Waals surface area contributed by atoms with Gasteiger partial charge in [-0.15, -0.1) is 0 Å². The molecule has 0 aliphatic rings. The van der Waals surface area contributed by atoms with E-state index in [1.165, 1.54) is 0 Å². The summed E-state index contributed by atoms with van der Waals surface area (Å²) >= 11 is 0. The Labute approximate surface area is 220 Å². The van der Waals surface area contributed by atoms with E-state index in [1.807, 2.05) is 73.7 Å². The molecule has 0 radical (unpaired) electrons. The smallest absolute Gasteiger partial charge is 0.241 e. The molecule has 6 heteroatoms. The molecule has 0 aliphatic heterocycles. The maximum Gasteiger partial charge on any atom is 0.241 e. The second-order valence-electron chi connectivity index (χ2n) is 9.17. The minimum absolute atomic E-state index is 0.148. The molecule has 0 spiro atoms. The summed E-state index contributed by atoms with van der Waals surface area (Å²) in [4.78, 5) is 2.35. The molecule has 4 rings (SSSR count). The Morgan fingerprint density at radius 3 is 1.65 bits per heavy atom. The predicted octanol–water partition coefficient (Wildman–Crippen LogP) is 5.48.